The number of nitrogens with zero attached hydrogens (tertiary/aromatic N) is 4. The van der Waals surface area contributed by atoms with Crippen LogP contribution in [0, 0.1) is 6.92 Å². The van der Waals surface area contributed by atoms with E-state index in [0.29, 0.717) is 0 Å². The van der Waals surface area contributed by atoms with Crippen LogP contribution in [-0.4, -0.2) is 19.9 Å². The van der Waals surface area contributed by atoms with Crippen LogP contribution in [-0.2, 0) is 0 Å². The Morgan fingerprint density at radius 3 is 1.46 bits per heavy atom. The number of fused-ring (bicyclic) bond motifs is 2. The summed E-state index contributed by atoms with van der Waals surface area (Å²) in [6.07, 6.45) is 11.2. The predicted molar refractivity (Wildman–Crippen MR) is 159 cm³/mol. The maximum Gasteiger partial charge on any atom is 0.0717 e. The first kappa shape index (κ1) is 22.9. The smallest absolute Gasteiger partial charge is 0.0717 e. The first-order chi connectivity index (χ1) is 19.3. The van der Waals surface area contributed by atoms with Gasteiger partial charge in [0, 0.05) is 59.4 Å². The molecule has 0 aliphatic rings. The number of rotatable bonds is 4. The summed E-state index contributed by atoms with van der Waals surface area (Å²) in [6.45, 7) is 2.14. The van der Waals surface area contributed by atoms with Crippen molar-refractivity contribution >= 4 is 21.5 Å². The van der Waals surface area contributed by atoms with Crippen LogP contribution in [0.25, 0.3) is 66.3 Å². The highest BCUT2D eigenvalue weighted by molar-refractivity contribution is 6.21. The summed E-state index contributed by atoms with van der Waals surface area (Å²) in [7, 11) is 0. The largest absolute Gasteiger partial charge is 0.264 e. The fourth-order valence-electron chi connectivity index (χ4n) is 5.37. The van der Waals surface area contributed by atoms with E-state index in [1.807, 2.05) is 49.1 Å². The van der Waals surface area contributed by atoms with Crippen LogP contribution in [0.15, 0.2) is 128 Å². The van der Waals surface area contributed by atoms with Crippen molar-refractivity contribution in [2.24, 2.45) is 0 Å². The molecule has 0 unspecified atom stereocenters. The molecular weight excluding hydrogens is 476 g/mol. The van der Waals surface area contributed by atoms with Gasteiger partial charge in [-0.05, 0) is 76.0 Å². The topological polar surface area (TPSA) is 51.6 Å². The van der Waals surface area contributed by atoms with Crippen molar-refractivity contribution in [3.8, 4) is 44.8 Å². The number of aryl methyl sites for hydroxylation is 1. The van der Waals surface area contributed by atoms with Gasteiger partial charge < -0.3 is 0 Å². The average molecular weight is 501 g/mol. The molecule has 0 saturated heterocycles. The molecule has 0 fully saturated rings. The monoisotopic (exact) mass is 500 g/mol. The third kappa shape index (κ3) is 4.12. The lowest BCUT2D eigenvalue weighted by atomic mass is 9.86. The summed E-state index contributed by atoms with van der Waals surface area (Å²) in [4.78, 5) is 18.1. The first-order valence-electron chi connectivity index (χ1n) is 12.9. The molecule has 0 atom stereocenters. The van der Waals surface area contributed by atoms with E-state index in [4.69, 9.17) is 9.97 Å². The van der Waals surface area contributed by atoms with Crippen molar-refractivity contribution < 1.29 is 0 Å². The molecule has 0 radical (unpaired) electrons. The second-order valence-corrected chi connectivity index (χ2v) is 9.69. The molecule has 0 aliphatic carbocycles. The van der Waals surface area contributed by atoms with Gasteiger partial charge in [0.05, 0.1) is 11.4 Å². The van der Waals surface area contributed by atoms with Gasteiger partial charge in [-0.2, -0.15) is 0 Å². The number of hydrogen-bond acceptors (Lipinski definition) is 4. The highest BCUT2D eigenvalue weighted by atomic mass is 14.7. The summed E-state index contributed by atoms with van der Waals surface area (Å²) in [5.74, 6) is 0. The zero-order chi connectivity index (χ0) is 26.2. The molecule has 39 heavy (non-hydrogen) atoms. The molecule has 7 aromatic rings. The standard InChI is InChI=1S/C35H24N4/c1-23-10-13-30-31(18-23)35(27-12-15-33(39-22-27)25-7-5-17-37-20-25)29-9-3-2-8-28(29)34(30)26-11-14-32(38-21-26)24-6-4-16-36-19-24/h2-22H,1H3. The van der Waals surface area contributed by atoms with Gasteiger partial charge in [-0.3, -0.25) is 19.9 Å². The molecule has 7 rings (SSSR count). The third-order valence-corrected chi connectivity index (χ3v) is 7.20. The molecule has 184 valence electrons. The quantitative estimate of drug-likeness (QED) is 0.227. The van der Waals surface area contributed by atoms with Crippen molar-refractivity contribution in [2.75, 3.05) is 0 Å². The lowest BCUT2D eigenvalue weighted by Crippen LogP contribution is -1.93. The van der Waals surface area contributed by atoms with E-state index in [-0.39, 0.29) is 0 Å². The van der Waals surface area contributed by atoms with Crippen LogP contribution in [0.1, 0.15) is 5.56 Å². The first-order valence-corrected chi connectivity index (χ1v) is 12.9. The fourth-order valence-corrected chi connectivity index (χ4v) is 5.37. The summed E-state index contributed by atoms with van der Waals surface area (Å²) < 4.78 is 0. The van der Waals surface area contributed by atoms with Crippen molar-refractivity contribution in [2.45, 2.75) is 6.92 Å². The van der Waals surface area contributed by atoms with Gasteiger partial charge in [0.15, 0.2) is 0 Å². The van der Waals surface area contributed by atoms with Crippen molar-refractivity contribution in [3.05, 3.63) is 134 Å². The molecule has 0 N–H and O–H groups in total. The Kier molecular flexibility index (Phi) is 5.64. The van der Waals surface area contributed by atoms with E-state index in [2.05, 4.69) is 83.6 Å². The number of hydrogen-bond donors (Lipinski definition) is 0. The lowest BCUT2D eigenvalue weighted by Gasteiger charge is -2.18. The Balaban J connectivity index is 1.45. The molecule has 0 spiro atoms. The Morgan fingerprint density at radius 2 is 0.974 bits per heavy atom. The number of pyridine rings is 4. The minimum absolute atomic E-state index is 0.910. The van der Waals surface area contributed by atoms with Gasteiger partial charge >= 0.3 is 0 Å². The SMILES string of the molecule is Cc1ccc2c(-c3ccc(-c4cccnc4)nc3)c3ccccc3c(-c3ccc(-c4cccnc4)nc3)c2c1. The zero-order valence-corrected chi connectivity index (χ0v) is 21.4. The molecule has 0 bridgehead atoms. The van der Waals surface area contributed by atoms with Gasteiger partial charge in [-0.1, -0.05) is 60.2 Å². The van der Waals surface area contributed by atoms with Crippen LogP contribution < -0.4 is 0 Å². The third-order valence-electron chi connectivity index (χ3n) is 7.20. The van der Waals surface area contributed by atoms with Gasteiger partial charge in [-0.25, -0.2) is 0 Å². The van der Waals surface area contributed by atoms with Crippen molar-refractivity contribution in [1.82, 2.24) is 19.9 Å². The highest BCUT2D eigenvalue weighted by Gasteiger charge is 2.17. The predicted octanol–water partition coefficient (Wildman–Crippen LogP) is 8.55. The minimum Gasteiger partial charge on any atom is -0.264 e. The van der Waals surface area contributed by atoms with Crippen LogP contribution in [0.2, 0.25) is 0 Å². The van der Waals surface area contributed by atoms with Crippen LogP contribution >= 0.6 is 0 Å². The van der Waals surface area contributed by atoms with E-state index in [1.165, 1.54) is 38.2 Å². The minimum atomic E-state index is 0.910. The molecule has 4 nitrogen and oxygen atoms in total. The van der Waals surface area contributed by atoms with Gasteiger partial charge in [0.1, 0.15) is 0 Å². The van der Waals surface area contributed by atoms with Crippen molar-refractivity contribution in [3.63, 3.8) is 0 Å². The van der Waals surface area contributed by atoms with Gasteiger partial charge in [0.2, 0.25) is 0 Å². The molecular formula is C35H24N4. The molecule has 4 heteroatoms. The zero-order valence-electron chi connectivity index (χ0n) is 21.4. The van der Waals surface area contributed by atoms with Crippen LogP contribution in [0.3, 0.4) is 0 Å². The number of benzene rings is 3. The van der Waals surface area contributed by atoms with Gasteiger partial charge in [0.25, 0.3) is 0 Å². The summed E-state index contributed by atoms with van der Waals surface area (Å²) in [5, 5.41) is 4.78. The van der Waals surface area contributed by atoms with Crippen molar-refractivity contribution in [1.29, 1.82) is 0 Å². The highest BCUT2D eigenvalue weighted by Crippen LogP contribution is 2.44. The molecule has 3 aromatic carbocycles. The molecule has 0 amide bonds. The second-order valence-electron chi connectivity index (χ2n) is 9.69. The Morgan fingerprint density at radius 1 is 0.436 bits per heavy atom. The molecule has 0 saturated carbocycles. The van der Waals surface area contributed by atoms with E-state index in [9.17, 15) is 0 Å². The van der Waals surface area contributed by atoms with E-state index < -0.39 is 0 Å². The van der Waals surface area contributed by atoms with Gasteiger partial charge in [-0.15, -0.1) is 0 Å². The van der Waals surface area contributed by atoms with Crippen LogP contribution in [0.4, 0.5) is 0 Å². The van der Waals surface area contributed by atoms with E-state index in [0.717, 1.165) is 33.6 Å². The summed E-state index contributed by atoms with van der Waals surface area (Å²) in [6, 6.07) is 31.8. The molecule has 4 heterocycles. The molecule has 0 aliphatic heterocycles. The summed E-state index contributed by atoms with van der Waals surface area (Å²) >= 11 is 0. The number of aromatic nitrogens is 4. The Labute approximate surface area is 226 Å². The Hall–Kier alpha value is -5.22. The lowest BCUT2D eigenvalue weighted by molar-refractivity contribution is 1.28. The fraction of sp³-hybridized carbons (Fsp3) is 0.0286. The Bertz CT molecular complexity index is 1930. The maximum absolute atomic E-state index is 4.83. The average Bonchev–Trinajstić information content (AvgIpc) is 3.01. The van der Waals surface area contributed by atoms with E-state index >= 15 is 0 Å². The second kappa shape index (κ2) is 9.58. The normalized spacial score (nSPS) is 11.2. The summed E-state index contributed by atoms with van der Waals surface area (Å²) in [5.41, 5.74) is 9.61. The van der Waals surface area contributed by atoms with Crippen LogP contribution in [0.5, 0.6) is 0 Å². The maximum atomic E-state index is 4.83. The van der Waals surface area contributed by atoms with E-state index in [1.54, 1.807) is 12.4 Å². The molecule has 4 aromatic heterocycles.